The summed E-state index contributed by atoms with van der Waals surface area (Å²) in [5.74, 6) is 0.529. The predicted octanol–water partition coefficient (Wildman–Crippen LogP) is 2.45. The van der Waals surface area contributed by atoms with Gasteiger partial charge >= 0.3 is 0 Å². The largest absolute Gasteiger partial charge is 0.384 e. The summed E-state index contributed by atoms with van der Waals surface area (Å²) in [6.45, 7) is 0. The van der Waals surface area contributed by atoms with Crippen molar-refractivity contribution in [2.45, 2.75) is 5.03 Å². The van der Waals surface area contributed by atoms with Crippen LogP contribution in [0.15, 0.2) is 41.6 Å². The van der Waals surface area contributed by atoms with E-state index in [2.05, 4.69) is 9.97 Å². The molecule has 0 fully saturated rings. The number of aromatic nitrogens is 2. The molecule has 0 spiro atoms. The minimum absolute atomic E-state index is 0.529. The Morgan fingerprint density at radius 3 is 2.67 bits per heavy atom. The van der Waals surface area contributed by atoms with Crippen LogP contribution in [0.1, 0.15) is 0 Å². The van der Waals surface area contributed by atoms with Crippen molar-refractivity contribution in [2.24, 2.45) is 0 Å². The van der Waals surface area contributed by atoms with Crippen LogP contribution in [0.3, 0.4) is 0 Å². The summed E-state index contributed by atoms with van der Waals surface area (Å²) in [6.07, 6.45) is 3.81. The predicted molar refractivity (Wildman–Crippen MR) is 63.7 cm³/mol. The van der Waals surface area contributed by atoms with Crippen molar-refractivity contribution in [1.82, 2.24) is 9.97 Å². The van der Waals surface area contributed by atoms with Crippen molar-refractivity contribution >= 4 is 17.6 Å². The van der Waals surface area contributed by atoms with Gasteiger partial charge in [-0.25, -0.2) is 9.97 Å². The van der Waals surface area contributed by atoms with Gasteiger partial charge in [0.25, 0.3) is 0 Å². The minimum Gasteiger partial charge on any atom is -0.384 e. The van der Waals surface area contributed by atoms with Gasteiger partial charge in [0.2, 0.25) is 0 Å². The normalized spacial score (nSPS) is 10.2. The Morgan fingerprint density at radius 1 is 1.20 bits per heavy atom. The molecule has 2 aromatic rings. The number of nitrogens with zero attached hydrogens (tertiary/aromatic N) is 2. The van der Waals surface area contributed by atoms with E-state index in [1.807, 2.05) is 36.7 Å². The summed E-state index contributed by atoms with van der Waals surface area (Å²) in [7, 11) is 0. The van der Waals surface area contributed by atoms with Gasteiger partial charge in [0.15, 0.2) is 0 Å². The standard InChI is InChI=1S/C11H11N3S/c1-15-11-6-5-8(7-13-11)9-3-2-4-10(12)14-9/h2-7H,1H3,(H2,12,14). The van der Waals surface area contributed by atoms with E-state index in [9.17, 15) is 0 Å². The van der Waals surface area contributed by atoms with Gasteiger partial charge in [-0.05, 0) is 30.5 Å². The second-order valence-electron chi connectivity index (χ2n) is 3.04. The molecule has 0 aliphatic heterocycles. The van der Waals surface area contributed by atoms with Crippen LogP contribution >= 0.6 is 11.8 Å². The van der Waals surface area contributed by atoms with Crippen molar-refractivity contribution in [1.29, 1.82) is 0 Å². The van der Waals surface area contributed by atoms with Gasteiger partial charge in [-0.15, -0.1) is 11.8 Å². The van der Waals surface area contributed by atoms with Crippen LogP contribution < -0.4 is 5.73 Å². The van der Waals surface area contributed by atoms with E-state index in [0.717, 1.165) is 16.3 Å². The summed E-state index contributed by atoms with van der Waals surface area (Å²) in [6, 6.07) is 9.56. The molecule has 0 saturated carbocycles. The molecule has 0 atom stereocenters. The Balaban J connectivity index is 2.37. The maximum atomic E-state index is 5.62. The van der Waals surface area contributed by atoms with E-state index in [1.165, 1.54) is 0 Å². The summed E-state index contributed by atoms with van der Waals surface area (Å²) in [5, 5.41) is 1.00. The SMILES string of the molecule is CSc1ccc(-c2cccc(N)n2)cn1. The van der Waals surface area contributed by atoms with Crippen LogP contribution in [0, 0.1) is 0 Å². The zero-order valence-electron chi connectivity index (χ0n) is 8.34. The van der Waals surface area contributed by atoms with E-state index >= 15 is 0 Å². The Hall–Kier alpha value is -1.55. The molecule has 2 aromatic heterocycles. The molecule has 0 radical (unpaired) electrons. The molecule has 0 unspecified atom stereocenters. The molecule has 76 valence electrons. The number of nitrogen functional groups attached to an aromatic ring is 1. The van der Waals surface area contributed by atoms with Gasteiger partial charge < -0.3 is 5.73 Å². The third kappa shape index (κ3) is 2.27. The first kappa shape index (κ1) is 9.98. The fourth-order valence-electron chi connectivity index (χ4n) is 1.26. The average Bonchev–Trinajstić information content (AvgIpc) is 2.29. The smallest absolute Gasteiger partial charge is 0.124 e. The van der Waals surface area contributed by atoms with Crippen LogP contribution in [-0.4, -0.2) is 16.2 Å². The number of pyridine rings is 2. The van der Waals surface area contributed by atoms with Crippen molar-refractivity contribution in [3.8, 4) is 11.3 Å². The van der Waals surface area contributed by atoms with Crippen LogP contribution in [0.4, 0.5) is 5.82 Å². The zero-order chi connectivity index (χ0) is 10.7. The molecule has 0 saturated heterocycles. The van der Waals surface area contributed by atoms with E-state index in [-0.39, 0.29) is 0 Å². The number of hydrogen-bond acceptors (Lipinski definition) is 4. The van der Waals surface area contributed by atoms with Crippen molar-refractivity contribution < 1.29 is 0 Å². The van der Waals surface area contributed by atoms with Crippen LogP contribution in [-0.2, 0) is 0 Å². The second kappa shape index (κ2) is 4.31. The first-order valence-electron chi connectivity index (χ1n) is 4.52. The lowest BCUT2D eigenvalue weighted by molar-refractivity contribution is 1.13. The fourth-order valence-corrected chi connectivity index (χ4v) is 1.63. The maximum Gasteiger partial charge on any atom is 0.124 e. The van der Waals surface area contributed by atoms with Gasteiger partial charge in [0.1, 0.15) is 5.82 Å². The molecule has 0 aromatic carbocycles. The van der Waals surface area contributed by atoms with E-state index in [4.69, 9.17) is 5.73 Å². The zero-order valence-corrected chi connectivity index (χ0v) is 9.16. The van der Waals surface area contributed by atoms with Crippen LogP contribution in [0.2, 0.25) is 0 Å². The van der Waals surface area contributed by atoms with Crippen molar-refractivity contribution in [2.75, 3.05) is 12.0 Å². The van der Waals surface area contributed by atoms with Gasteiger partial charge in [0.05, 0.1) is 10.7 Å². The Kier molecular flexibility index (Phi) is 2.87. The van der Waals surface area contributed by atoms with Crippen LogP contribution in [0.25, 0.3) is 11.3 Å². The van der Waals surface area contributed by atoms with Gasteiger partial charge in [0, 0.05) is 11.8 Å². The van der Waals surface area contributed by atoms with Gasteiger partial charge in [-0.2, -0.15) is 0 Å². The second-order valence-corrected chi connectivity index (χ2v) is 3.86. The molecule has 0 aliphatic rings. The summed E-state index contributed by atoms with van der Waals surface area (Å²) >= 11 is 1.62. The van der Waals surface area contributed by atoms with Crippen molar-refractivity contribution in [3.05, 3.63) is 36.5 Å². The third-order valence-corrected chi connectivity index (χ3v) is 2.67. The summed E-state index contributed by atoms with van der Waals surface area (Å²) in [4.78, 5) is 8.52. The highest BCUT2D eigenvalue weighted by molar-refractivity contribution is 7.98. The van der Waals surface area contributed by atoms with Gasteiger partial charge in [-0.3, -0.25) is 0 Å². The fraction of sp³-hybridized carbons (Fsp3) is 0.0909. The Bertz CT molecular complexity index is 454. The van der Waals surface area contributed by atoms with Crippen molar-refractivity contribution in [3.63, 3.8) is 0 Å². The van der Waals surface area contributed by atoms with Gasteiger partial charge in [-0.1, -0.05) is 6.07 Å². The lowest BCUT2D eigenvalue weighted by Crippen LogP contribution is -1.91. The molecule has 2 rings (SSSR count). The average molecular weight is 217 g/mol. The number of thioether (sulfide) groups is 1. The Morgan fingerprint density at radius 2 is 2.07 bits per heavy atom. The lowest BCUT2D eigenvalue weighted by Gasteiger charge is -2.01. The highest BCUT2D eigenvalue weighted by Crippen LogP contribution is 2.19. The van der Waals surface area contributed by atoms with E-state index in [1.54, 1.807) is 17.8 Å². The molecule has 4 heteroatoms. The first-order chi connectivity index (χ1) is 7.29. The highest BCUT2D eigenvalue weighted by Gasteiger charge is 2.00. The topological polar surface area (TPSA) is 51.8 Å². The molecular weight excluding hydrogens is 206 g/mol. The molecule has 2 N–H and O–H groups in total. The van der Waals surface area contributed by atoms with E-state index in [0.29, 0.717) is 5.82 Å². The number of rotatable bonds is 2. The molecule has 15 heavy (non-hydrogen) atoms. The van der Waals surface area contributed by atoms with E-state index < -0.39 is 0 Å². The lowest BCUT2D eigenvalue weighted by atomic mass is 10.2. The maximum absolute atomic E-state index is 5.62. The molecule has 0 aliphatic carbocycles. The molecule has 2 heterocycles. The molecular formula is C11H11N3S. The molecule has 0 amide bonds. The monoisotopic (exact) mass is 217 g/mol. The first-order valence-corrected chi connectivity index (χ1v) is 5.75. The van der Waals surface area contributed by atoms with Crippen LogP contribution in [0.5, 0.6) is 0 Å². The molecule has 3 nitrogen and oxygen atoms in total. The minimum atomic E-state index is 0.529. The summed E-state index contributed by atoms with van der Waals surface area (Å²) in [5.41, 5.74) is 7.46. The quantitative estimate of drug-likeness (QED) is 0.785. The Labute approximate surface area is 92.8 Å². The number of nitrogens with two attached hydrogens (primary N) is 1. The third-order valence-electron chi connectivity index (χ3n) is 2.01. The summed E-state index contributed by atoms with van der Waals surface area (Å²) < 4.78 is 0. The number of anilines is 1. The number of hydrogen-bond donors (Lipinski definition) is 1. The highest BCUT2D eigenvalue weighted by atomic mass is 32.2. The molecule has 0 bridgehead atoms.